The fourth-order valence-electron chi connectivity index (χ4n) is 6.30. The van der Waals surface area contributed by atoms with Crippen molar-refractivity contribution in [1.29, 1.82) is 0 Å². The topological polar surface area (TPSA) is 34.4 Å². The molecule has 2 aliphatic rings. The Balaban J connectivity index is 1.43. The van der Waals surface area contributed by atoms with E-state index in [4.69, 9.17) is 4.99 Å². The van der Waals surface area contributed by atoms with Crippen LogP contribution in [0.15, 0.2) is 118 Å². The highest BCUT2D eigenvalue weighted by molar-refractivity contribution is 7.07. The lowest BCUT2D eigenvalue weighted by atomic mass is 9.83. The van der Waals surface area contributed by atoms with Crippen molar-refractivity contribution >= 4 is 44.7 Å². The molecule has 5 aromatic carbocycles. The Kier molecular flexibility index (Phi) is 5.22. The highest BCUT2D eigenvalue weighted by Crippen LogP contribution is 2.41. The number of thiazole rings is 1. The van der Waals surface area contributed by atoms with Crippen molar-refractivity contribution in [2.24, 2.45) is 4.99 Å². The van der Waals surface area contributed by atoms with Crippen molar-refractivity contribution in [3.63, 3.8) is 0 Å². The van der Waals surface area contributed by atoms with E-state index in [2.05, 4.69) is 48.5 Å². The van der Waals surface area contributed by atoms with Gasteiger partial charge in [-0.05, 0) is 80.9 Å². The Labute approximate surface area is 233 Å². The minimum Gasteiger partial charge on any atom is -0.272 e. The van der Waals surface area contributed by atoms with Crippen molar-refractivity contribution < 1.29 is 4.39 Å². The largest absolute Gasteiger partial charge is 0.272 e. The Morgan fingerprint density at radius 1 is 0.825 bits per heavy atom. The van der Waals surface area contributed by atoms with Crippen LogP contribution >= 0.6 is 11.3 Å². The summed E-state index contributed by atoms with van der Waals surface area (Å²) in [6.07, 6.45) is 3.72. The molecule has 0 saturated carbocycles. The van der Waals surface area contributed by atoms with E-state index in [1.807, 2.05) is 41.0 Å². The Hall–Kier alpha value is -4.61. The Morgan fingerprint density at radius 3 is 2.25 bits per heavy atom. The van der Waals surface area contributed by atoms with Gasteiger partial charge in [-0.3, -0.25) is 9.36 Å². The molecule has 0 fully saturated rings. The highest BCUT2D eigenvalue weighted by atomic mass is 32.1. The smallest absolute Gasteiger partial charge is 0.271 e. The van der Waals surface area contributed by atoms with E-state index >= 15 is 0 Å². The molecule has 1 aliphatic carbocycles. The zero-order valence-electron chi connectivity index (χ0n) is 21.5. The van der Waals surface area contributed by atoms with Gasteiger partial charge in [-0.1, -0.05) is 96.3 Å². The van der Waals surface area contributed by atoms with Gasteiger partial charge in [0.05, 0.1) is 16.3 Å². The fraction of sp³-hybridized carbons (Fsp3) is 0.0857. The molecule has 6 aromatic rings. The molecule has 0 unspecified atom stereocenters. The summed E-state index contributed by atoms with van der Waals surface area (Å²) in [5.74, 6) is -0.290. The Morgan fingerprint density at radius 2 is 1.50 bits per heavy atom. The van der Waals surface area contributed by atoms with Crippen molar-refractivity contribution in [1.82, 2.24) is 4.57 Å². The van der Waals surface area contributed by atoms with E-state index in [0.717, 1.165) is 62.3 Å². The second-order valence-corrected chi connectivity index (χ2v) is 11.4. The number of fused-ring (bicyclic) bond motifs is 5. The number of aryl methyl sites for hydroxylation is 1. The van der Waals surface area contributed by atoms with Gasteiger partial charge < -0.3 is 0 Å². The average molecular weight is 539 g/mol. The molecule has 0 saturated heterocycles. The number of hydrogen-bond acceptors (Lipinski definition) is 3. The van der Waals surface area contributed by atoms with Crippen molar-refractivity contribution in [2.75, 3.05) is 0 Å². The molecule has 1 aliphatic heterocycles. The monoisotopic (exact) mass is 538 g/mol. The Bertz CT molecular complexity index is 2150. The summed E-state index contributed by atoms with van der Waals surface area (Å²) in [5.41, 5.74) is 6.30. The molecule has 0 N–H and O–H groups in total. The second-order valence-electron chi connectivity index (χ2n) is 10.4. The number of benzene rings is 5. The van der Waals surface area contributed by atoms with Crippen LogP contribution in [0, 0.1) is 5.82 Å². The summed E-state index contributed by atoms with van der Waals surface area (Å²) in [4.78, 5) is 20.0. The van der Waals surface area contributed by atoms with Crippen LogP contribution in [-0.4, -0.2) is 4.57 Å². The van der Waals surface area contributed by atoms with E-state index in [9.17, 15) is 9.18 Å². The lowest BCUT2D eigenvalue weighted by Gasteiger charge is -2.30. The highest BCUT2D eigenvalue weighted by Gasteiger charge is 2.32. The third kappa shape index (κ3) is 3.55. The first-order chi connectivity index (χ1) is 19.7. The first kappa shape index (κ1) is 23.3. The molecule has 1 atom stereocenters. The molecule has 0 amide bonds. The van der Waals surface area contributed by atoms with Crippen LogP contribution in [0.3, 0.4) is 0 Å². The van der Waals surface area contributed by atoms with Gasteiger partial charge in [-0.2, -0.15) is 0 Å². The predicted octanol–water partition coefficient (Wildman–Crippen LogP) is 6.76. The first-order valence-corrected chi connectivity index (χ1v) is 14.3. The summed E-state index contributed by atoms with van der Waals surface area (Å²) in [7, 11) is 0. The normalized spacial score (nSPS) is 16.5. The number of aromatic nitrogens is 1. The van der Waals surface area contributed by atoms with Crippen LogP contribution in [0.5, 0.6) is 0 Å². The van der Waals surface area contributed by atoms with Gasteiger partial charge in [0.25, 0.3) is 5.56 Å². The zero-order valence-corrected chi connectivity index (χ0v) is 22.3. The molecule has 192 valence electrons. The van der Waals surface area contributed by atoms with E-state index in [0.29, 0.717) is 9.33 Å². The summed E-state index contributed by atoms with van der Waals surface area (Å²) >= 11 is 1.43. The number of allylic oxidation sites excluding steroid dienone is 1. The molecule has 0 radical (unpaired) electrons. The molecular weight excluding hydrogens is 515 g/mol. The second kappa shape index (κ2) is 8.97. The van der Waals surface area contributed by atoms with Crippen LogP contribution in [0.2, 0.25) is 0 Å². The lowest BCUT2D eigenvalue weighted by Crippen LogP contribution is -2.38. The van der Waals surface area contributed by atoms with Gasteiger partial charge in [-0.25, -0.2) is 9.38 Å². The summed E-state index contributed by atoms with van der Waals surface area (Å²) in [6.45, 7) is 0. The molecule has 5 heteroatoms. The van der Waals surface area contributed by atoms with Crippen LogP contribution in [-0.2, 0) is 6.42 Å². The van der Waals surface area contributed by atoms with Crippen molar-refractivity contribution in [3.8, 4) is 0 Å². The van der Waals surface area contributed by atoms with Gasteiger partial charge in [0, 0.05) is 5.56 Å². The SMILES string of the molecule is O=c1/c(=C\c2c3ccccc3cc3ccccc23)sc2n1[C@@H](c1ccc(F)cc1)C1=C(N=2)c2ccccc2CC1. The number of halogens is 1. The molecule has 2 heterocycles. The maximum Gasteiger partial charge on any atom is 0.271 e. The summed E-state index contributed by atoms with van der Waals surface area (Å²) in [6, 6.07) is 33.4. The van der Waals surface area contributed by atoms with Crippen LogP contribution in [0.25, 0.3) is 33.3 Å². The van der Waals surface area contributed by atoms with Crippen LogP contribution < -0.4 is 14.9 Å². The minimum absolute atomic E-state index is 0.0690. The molecule has 0 bridgehead atoms. The molecule has 40 heavy (non-hydrogen) atoms. The fourth-order valence-corrected chi connectivity index (χ4v) is 7.29. The molecule has 0 spiro atoms. The summed E-state index contributed by atoms with van der Waals surface area (Å²) < 4.78 is 16.4. The van der Waals surface area contributed by atoms with E-state index in [1.54, 1.807) is 12.1 Å². The van der Waals surface area contributed by atoms with Crippen LogP contribution in [0.1, 0.15) is 34.7 Å². The standard InChI is InChI=1S/C35H23FN2OS/c36-25-16-13-22(14-17-25)33-29-18-15-21-7-1-6-12-28(21)32(29)37-35-38(33)34(39)31(40-35)20-30-26-10-4-2-8-23(26)19-24-9-3-5-11-27(24)30/h1-14,16-17,19-20,33H,15,18H2/b31-20+/t33-/m0/s1. The molecule has 8 rings (SSSR count). The molecular formula is C35H23FN2OS. The maximum absolute atomic E-state index is 14.2. The van der Waals surface area contributed by atoms with Crippen molar-refractivity contribution in [3.05, 3.63) is 156 Å². The van der Waals surface area contributed by atoms with Gasteiger partial charge in [0.15, 0.2) is 4.80 Å². The first-order valence-electron chi connectivity index (χ1n) is 13.4. The van der Waals surface area contributed by atoms with Gasteiger partial charge in [0.2, 0.25) is 0 Å². The maximum atomic E-state index is 14.2. The van der Waals surface area contributed by atoms with E-state index in [-0.39, 0.29) is 17.4 Å². The number of hydrogen-bond donors (Lipinski definition) is 0. The number of rotatable bonds is 2. The predicted molar refractivity (Wildman–Crippen MR) is 161 cm³/mol. The minimum atomic E-state index is -0.327. The van der Waals surface area contributed by atoms with Crippen molar-refractivity contribution in [2.45, 2.75) is 18.9 Å². The third-order valence-electron chi connectivity index (χ3n) is 8.15. The van der Waals surface area contributed by atoms with Gasteiger partial charge in [0.1, 0.15) is 5.82 Å². The number of nitrogens with zero attached hydrogens (tertiary/aromatic N) is 2. The van der Waals surface area contributed by atoms with Crippen LogP contribution in [0.4, 0.5) is 4.39 Å². The quantitative estimate of drug-likeness (QED) is 0.224. The summed E-state index contributed by atoms with van der Waals surface area (Å²) in [5, 5.41) is 4.48. The zero-order chi connectivity index (χ0) is 26.8. The third-order valence-corrected chi connectivity index (χ3v) is 9.13. The van der Waals surface area contributed by atoms with Gasteiger partial charge >= 0.3 is 0 Å². The van der Waals surface area contributed by atoms with E-state index in [1.165, 1.54) is 29.0 Å². The van der Waals surface area contributed by atoms with E-state index < -0.39 is 0 Å². The average Bonchev–Trinajstić information content (AvgIpc) is 3.30. The molecule has 1 aromatic heterocycles. The van der Waals surface area contributed by atoms with Gasteiger partial charge in [-0.15, -0.1) is 0 Å². The molecule has 3 nitrogen and oxygen atoms in total. The lowest BCUT2D eigenvalue weighted by molar-refractivity contribution is 0.581.